The lowest BCUT2D eigenvalue weighted by Crippen LogP contribution is -2.39. The third kappa shape index (κ3) is 6.68. The van der Waals surface area contributed by atoms with E-state index >= 15 is 0 Å². The second-order valence-electron chi connectivity index (χ2n) is 7.86. The molecule has 1 aliphatic heterocycles. The molecule has 0 radical (unpaired) electrons. The molecule has 160 valence electrons. The van der Waals surface area contributed by atoms with Gasteiger partial charge in [0.1, 0.15) is 0 Å². The number of nitrogens with zero attached hydrogens (tertiary/aromatic N) is 1. The molecule has 0 bridgehead atoms. The van der Waals surface area contributed by atoms with E-state index < -0.39 is 11.8 Å². The summed E-state index contributed by atoms with van der Waals surface area (Å²) in [7, 11) is 0. The lowest BCUT2D eigenvalue weighted by molar-refractivity contribution is -0.136. The Bertz CT molecular complexity index is 834. The van der Waals surface area contributed by atoms with Crippen molar-refractivity contribution < 1.29 is 14.3 Å². The summed E-state index contributed by atoms with van der Waals surface area (Å²) in [6.45, 7) is 7.90. The number of hydrogen-bond donors (Lipinski definition) is 2. The van der Waals surface area contributed by atoms with Crippen molar-refractivity contribution in [1.29, 1.82) is 0 Å². The fourth-order valence-corrected chi connectivity index (χ4v) is 3.75. The van der Waals surface area contributed by atoms with Crippen LogP contribution in [-0.4, -0.2) is 49.5 Å². The molecule has 2 amide bonds. The van der Waals surface area contributed by atoms with E-state index in [2.05, 4.69) is 27.7 Å². The van der Waals surface area contributed by atoms with Gasteiger partial charge in [0, 0.05) is 25.3 Å². The van der Waals surface area contributed by atoms with E-state index in [1.807, 2.05) is 50.2 Å². The molecule has 2 aromatic rings. The lowest BCUT2D eigenvalue weighted by atomic mass is 10.1. The van der Waals surface area contributed by atoms with Crippen LogP contribution in [0.4, 0.5) is 5.69 Å². The van der Waals surface area contributed by atoms with Crippen LogP contribution in [0.25, 0.3) is 0 Å². The van der Waals surface area contributed by atoms with Crippen LogP contribution in [0.1, 0.15) is 35.6 Å². The average Bonchev–Trinajstić information content (AvgIpc) is 2.73. The van der Waals surface area contributed by atoms with Crippen LogP contribution in [-0.2, 0) is 14.3 Å². The van der Waals surface area contributed by atoms with Crippen LogP contribution in [0.3, 0.4) is 0 Å². The maximum Gasteiger partial charge on any atom is 0.313 e. The maximum atomic E-state index is 12.1. The van der Waals surface area contributed by atoms with Gasteiger partial charge in [-0.1, -0.05) is 36.4 Å². The van der Waals surface area contributed by atoms with Crippen molar-refractivity contribution >= 4 is 17.5 Å². The number of carbonyl (C=O) groups is 2. The summed E-state index contributed by atoms with van der Waals surface area (Å²) >= 11 is 0. The fraction of sp³-hybridized carbons (Fsp3) is 0.417. The van der Waals surface area contributed by atoms with Gasteiger partial charge in [-0.3, -0.25) is 14.5 Å². The van der Waals surface area contributed by atoms with E-state index in [0.717, 1.165) is 50.2 Å². The van der Waals surface area contributed by atoms with Crippen molar-refractivity contribution in [2.75, 3.05) is 38.1 Å². The molecule has 0 aliphatic carbocycles. The summed E-state index contributed by atoms with van der Waals surface area (Å²) in [6, 6.07) is 16.0. The summed E-state index contributed by atoms with van der Waals surface area (Å²) in [4.78, 5) is 26.5. The Morgan fingerprint density at radius 1 is 1.03 bits per heavy atom. The molecule has 6 heteroatoms. The molecule has 0 saturated carbocycles. The Hall–Kier alpha value is -2.70. The van der Waals surface area contributed by atoms with Crippen molar-refractivity contribution in [3.8, 4) is 0 Å². The highest BCUT2D eigenvalue weighted by molar-refractivity contribution is 6.39. The van der Waals surface area contributed by atoms with Gasteiger partial charge in [-0.2, -0.15) is 0 Å². The predicted molar refractivity (Wildman–Crippen MR) is 118 cm³/mol. The molecule has 1 aliphatic rings. The van der Waals surface area contributed by atoms with Crippen LogP contribution in [0, 0.1) is 13.8 Å². The molecule has 1 saturated heterocycles. The molecule has 0 aromatic heterocycles. The lowest BCUT2D eigenvalue weighted by Gasteiger charge is -2.33. The van der Waals surface area contributed by atoms with Crippen LogP contribution in [0.2, 0.25) is 0 Å². The number of unbranched alkanes of at least 4 members (excludes halogenated alkanes) is 1. The predicted octanol–water partition coefficient (Wildman–Crippen LogP) is 3.21. The zero-order chi connectivity index (χ0) is 21.3. The molecule has 1 unspecified atom stereocenters. The molecular weight excluding hydrogens is 378 g/mol. The first-order chi connectivity index (χ1) is 14.5. The number of aryl methyl sites for hydroxylation is 2. The number of carbonyl (C=O) groups excluding carboxylic acids is 2. The van der Waals surface area contributed by atoms with E-state index in [-0.39, 0.29) is 6.10 Å². The minimum absolute atomic E-state index is 0.119. The summed E-state index contributed by atoms with van der Waals surface area (Å²) in [5.41, 5.74) is 3.95. The third-order valence-electron chi connectivity index (χ3n) is 5.19. The standard InChI is InChI=1S/C24H31N3O3/c1-18-14-19(2)16-21(15-18)26-24(29)23(28)25-10-6-7-11-27-12-13-30-22(17-27)20-8-4-3-5-9-20/h3-5,8-9,14-16,22H,6-7,10-13,17H2,1-2H3,(H,25,28)(H,26,29). The number of rotatable bonds is 7. The minimum Gasteiger partial charge on any atom is -0.371 e. The third-order valence-corrected chi connectivity index (χ3v) is 5.19. The minimum atomic E-state index is -0.626. The molecular formula is C24H31N3O3. The summed E-state index contributed by atoms with van der Waals surface area (Å²) < 4.78 is 5.90. The topological polar surface area (TPSA) is 70.7 Å². The van der Waals surface area contributed by atoms with Crippen molar-refractivity contribution in [3.63, 3.8) is 0 Å². The first-order valence-electron chi connectivity index (χ1n) is 10.6. The first kappa shape index (κ1) is 22.0. The van der Waals surface area contributed by atoms with E-state index in [1.165, 1.54) is 5.56 Å². The van der Waals surface area contributed by atoms with E-state index in [4.69, 9.17) is 4.74 Å². The number of ether oxygens (including phenoxy) is 1. The molecule has 1 heterocycles. The fourth-order valence-electron chi connectivity index (χ4n) is 3.75. The maximum absolute atomic E-state index is 12.1. The smallest absolute Gasteiger partial charge is 0.313 e. The van der Waals surface area contributed by atoms with Gasteiger partial charge in [-0.05, 0) is 62.1 Å². The van der Waals surface area contributed by atoms with Gasteiger partial charge in [0.25, 0.3) is 0 Å². The Morgan fingerprint density at radius 3 is 2.50 bits per heavy atom. The Balaban J connectivity index is 1.33. The molecule has 1 atom stereocenters. The Morgan fingerprint density at radius 2 is 1.77 bits per heavy atom. The van der Waals surface area contributed by atoms with Crippen LogP contribution >= 0.6 is 0 Å². The van der Waals surface area contributed by atoms with Crippen LogP contribution in [0.5, 0.6) is 0 Å². The van der Waals surface area contributed by atoms with Crippen LogP contribution in [0.15, 0.2) is 48.5 Å². The van der Waals surface area contributed by atoms with Gasteiger partial charge >= 0.3 is 11.8 Å². The highest BCUT2D eigenvalue weighted by atomic mass is 16.5. The highest BCUT2D eigenvalue weighted by Gasteiger charge is 2.21. The van der Waals surface area contributed by atoms with Gasteiger partial charge in [-0.25, -0.2) is 0 Å². The van der Waals surface area contributed by atoms with Crippen molar-refractivity contribution in [1.82, 2.24) is 10.2 Å². The molecule has 30 heavy (non-hydrogen) atoms. The van der Waals surface area contributed by atoms with E-state index in [0.29, 0.717) is 12.2 Å². The van der Waals surface area contributed by atoms with Crippen LogP contribution < -0.4 is 10.6 Å². The summed E-state index contributed by atoms with van der Waals surface area (Å²) in [6.07, 6.45) is 1.91. The number of amides is 2. The van der Waals surface area contributed by atoms with E-state index in [9.17, 15) is 9.59 Å². The molecule has 0 spiro atoms. The largest absolute Gasteiger partial charge is 0.371 e. The Kier molecular flexibility index (Phi) is 7.99. The second-order valence-corrected chi connectivity index (χ2v) is 7.86. The molecule has 1 fully saturated rings. The van der Waals surface area contributed by atoms with Gasteiger partial charge in [0.05, 0.1) is 12.7 Å². The number of benzene rings is 2. The molecule has 6 nitrogen and oxygen atoms in total. The van der Waals surface area contributed by atoms with Crippen molar-refractivity contribution in [3.05, 3.63) is 65.2 Å². The van der Waals surface area contributed by atoms with Gasteiger partial charge in [0.15, 0.2) is 0 Å². The normalized spacial score (nSPS) is 16.8. The zero-order valence-electron chi connectivity index (χ0n) is 17.8. The van der Waals surface area contributed by atoms with E-state index in [1.54, 1.807) is 0 Å². The second kappa shape index (κ2) is 10.9. The first-order valence-corrected chi connectivity index (χ1v) is 10.6. The summed E-state index contributed by atoms with van der Waals surface area (Å²) in [5, 5.41) is 5.37. The quantitative estimate of drug-likeness (QED) is 0.544. The molecule has 2 aromatic carbocycles. The van der Waals surface area contributed by atoms with Crippen molar-refractivity contribution in [2.24, 2.45) is 0 Å². The number of hydrogen-bond acceptors (Lipinski definition) is 4. The molecule has 3 rings (SSSR count). The number of morpholine rings is 1. The Labute approximate surface area is 178 Å². The zero-order valence-corrected chi connectivity index (χ0v) is 17.8. The SMILES string of the molecule is Cc1cc(C)cc(NC(=O)C(=O)NCCCCN2CCOC(c3ccccc3)C2)c1. The molecule has 2 N–H and O–H groups in total. The highest BCUT2D eigenvalue weighted by Crippen LogP contribution is 2.22. The number of nitrogens with one attached hydrogen (secondary N) is 2. The van der Waals surface area contributed by atoms with Crippen molar-refractivity contribution in [2.45, 2.75) is 32.8 Å². The van der Waals surface area contributed by atoms with Gasteiger partial charge in [-0.15, -0.1) is 0 Å². The average molecular weight is 410 g/mol. The monoisotopic (exact) mass is 409 g/mol. The van der Waals surface area contributed by atoms with Gasteiger partial charge in [0.2, 0.25) is 0 Å². The summed E-state index contributed by atoms with van der Waals surface area (Å²) in [5.74, 6) is -1.22. The number of anilines is 1. The van der Waals surface area contributed by atoms with Gasteiger partial charge < -0.3 is 15.4 Å².